The van der Waals surface area contributed by atoms with Gasteiger partial charge >= 0.3 is 0 Å². The van der Waals surface area contributed by atoms with Crippen molar-refractivity contribution in [2.45, 2.75) is 53.1 Å². The summed E-state index contributed by atoms with van der Waals surface area (Å²) >= 11 is 0. The van der Waals surface area contributed by atoms with Gasteiger partial charge in [0.05, 0.1) is 6.10 Å². The van der Waals surface area contributed by atoms with Gasteiger partial charge in [-0.3, -0.25) is 4.79 Å². The number of aromatic nitrogens is 2. The topological polar surface area (TPSA) is 78.0 Å². The second kappa shape index (κ2) is 6.19. The number of nitrogens with zero attached hydrogens (tertiary/aromatic N) is 1. The van der Waals surface area contributed by atoms with E-state index in [0.29, 0.717) is 24.6 Å². The van der Waals surface area contributed by atoms with E-state index in [9.17, 15) is 9.90 Å². The van der Waals surface area contributed by atoms with Crippen LogP contribution in [0.2, 0.25) is 0 Å². The Balaban J connectivity index is 2.65. The number of aliphatic hydroxyl groups excluding tert-OH is 1. The molecule has 0 amide bonds. The number of nitrogens with one attached hydrogen (secondary N) is 2. The van der Waals surface area contributed by atoms with Crippen molar-refractivity contribution >= 4 is 5.82 Å². The maximum absolute atomic E-state index is 11.5. The predicted molar refractivity (Wildman–Crippen MR) is 77.5 cm³/mol. The summed E-state index contributed by atoms with van der Waals surface area (Å²) in [6.07, 6.45) is 0.240. The van der Waals surface area contributed by atoms with Crippen molar-refractivity contribution in [2.75, 3.05) is 11.9 Å². The first-order chi connectivity index (χ1) is 8.67. The minimum atomic E-state index is -0.455. The van der Waals surface area contributed by atoms with Crippen LogP contribution in [0.1, 0.15) is 52.8 Å². The van der Waals surface area contributed by atoms with Gasteiger partial charge in [0.15, 0.2) is 0 Å². The summed E-state index contributed by atoms with van der Waals surface area (Å²) in [6, 6.07) is 1.41. The van der Waals surface area contributed by atoms with E-state index in [1.807, 2.05) is 13.8 Å². The Labute approximate surface area is 114 Å². The van der Waals surface area contributed by atoms with Gasteiger partial charge < -0.3 is 15.4 Å². The minimum Gasteiger partial charge on any atom is -0.391 e. The lowest BCUT2D eigenvalue weighted by Gasteiger charge is -2.22. The van der Waals surface area contributed by atoms with Gasteiger partial charge in [-0.15, -0.1) is 0 Å². The maximum Gasteiger partial charge on any atom is 0.252 e. The van der Waals surface area contributed by atoms with Crippen molar-refractivity contribution in [3.05, 3.63) is 22.2 Å². The zero-order chi connectivity index (χ0) is 14.6. The molecule has 0 fully saturated rings. The molecule has 0 spiro atoms. The molecule has 1 rings (SSSR count). The fraction of sp³-hybridized carbons (Fsp3) is 0.714. The highest BCUT2D eigenvalue weighted by Gasteiger charge is 2.16. The zero-order valence-corrected chi connectivity index (χ0v) is 12.4. The molecule has 0 saturated carbocycles. The maximum atomic E-state index is 11.5. The van der Waals surface area contributed by atoms with Crippen LogP contribution >= 0.6 is 0 Å². The Morgan fingerprint density at radius 3 is 2.58 bits per heavy atom. The third-order valence-electron chi connectivity index (χ3n) is 2.67. The predicted octanol–water partition coefficient (Wildman–Crippen LogP) is 2.10. The summed E-state index contributed by atoms with van der Waals surface area (Å²) in [6.45, 7) is 10.6. The van der Waals surface area contributed by atoms with E-state index in [1.54, 1.807) is 0 Å². The molecular formula is C14H25N3O2. The van der Waals surface area contributed by atoms with Crippen LogP contribution < -0.4 is 10.9 Å². The van der Waals surface area contributed by atoms with Crippen molar-refractivity contribution in [2.24, 2.45) is 5.41 Å². The molecule has 0 radical (unpaired) electrons. The van der Waals surface area contributed by atoms with Gasteiger partial charge in [0, 0.05) is 18.5 Å². The molecule has 0 bridgehead atoms. The fourth-order valence-corrected chi connectivity index (χ4v) is 1.84. The van der Waals surface area contributed by atoms with E-state index >= 15 is 0 Å². The van der Waals surface area contributed by atoms with Crippen LogP contribution in [-0.4, -0.2) is 27.7 Å². The lowest BCUT2D eigenvalue weighted by molar-refractivity contribution is 0.132. The molecule has 0 aliphatic rings. The van der Waals surface area contributed by atoms with Crippen molar-refractivity contribution in [3.8, 4) is 0 Å². The van der Waals surface area contributed by atoms with Gasteiger partial charge in [-0.05, 0) is 11.8 Å². The van der Waals surface area contributed by atoms with E-state index in [0.717, 1.165) is 0 Å². The summed E-state index contributed by atoms with van der Waals surface area (Å²) in [5.41, 5.74) is -0.0993. The van der Waals surface area contributed by atoms with Gasteiger partial charge in [0.2, 0.25) is 0 Å². The molecule has 1 aromatic rings. The van der Waals surface area contributed by atoms with Crippen LogP contribution in [0.15, 0.2) is 10.9 Å². The quantitative estimate of drug-likeness (QED) is 0.763. The second-order valence-electron chi connectivity index (χ2n) is 6.47. The highest BCUT2D eigenvalue weighted by Crippen LogP contribution is 2.20. The third kappa shape index (κ3) is 5.87. The van der Waals surface area contributed by atoms with Crippen LogP contribution in [0, 0.1) is 5.41 Å². The van der Waals surface area contributed by atoms with Gasteiger partial charge in [-0.25, -0.2) is 4.98 Å². The van der Waals surface area contributed by atoms with E-state index in [2.05, 4.69) is 36.1 Å². The largest absolute Gasteiger partial charge is 0.391 e. The van der Waals surface area contributed by atoms with Crippen LogP contribution in [0.3, 0.4) is 0 Å². The highest BCUT2D eigenvalue weighted by molar-refractivity contribution is 5.33. The van der Waals surface area contributed by atoms with Gasteiger partial charge in [-0.2, -0.15) is 0 Å². The lowest BCUT2D eigenvalue weighted by atomic mass is 9.89. The Hall–Kier alpha value is -1.36. The monoisotopic (exact) mass is 267 g/mol. The molecule has 0 saturated heterocycles. The van der Waals surface area contributed by atoms with Crippen LogP contribution in [-0.2, 0) is 0 Å². The zero-order valence-electron chi connectivity index (χ0n) is 12.4. The Morgan fingerprint density at radius 1 is 1.42 bits per heavy atom. The van der Waals surface area contributed by atoms with Gasteiger partial charge in [-0.1, -0.05) is 34.6 Å². The molecule has 0 aliphatic heterocycles. The standard InChI is InChI=1S/C14H25N3O2/c1-9(2)13-16-11(6-12(19)17-13)15-8-10(18)7-14(3,4)5/h6,9-10,18H,7-8H2,1-5H3,(H2,15,16,17,19). The third-order valence-corrected chi connectivity index (χ3v) is 2.67. The average Bonchev–Trinajstić information content (AvgIpc) is 2.23. The molecule has 5 nitrogen and oxygen atoms in total. The fourth-order valence-electron chi connectivity index (χ4n) is 1.84. The molecule has 1 atom stereocenters. The molecule has 0 aliphatic carbocycles. The molecule has 0 aromatic carbocycles. The Morgan fingerprint density at radius 2 is 2.05 bits per heavy atom. The summed E-state index contributed by atoms with van der Waals surface area (Å²) < 4.78 is 0. The van der Waals surface area contributed by atoms with E-state index in [-0.39, 0.29) is 16.9 Å². The summed E-state index contributed by atoms with van der Waals surface area (Å²) in [5, 5.41) is 12.9. The number of anilines is 1. The molecule has 108 valence electrons. The Bertz CT molecular complexity index is 460. The SMILES string of the molecule is CC(C)c1nc(NCC(O)CC(C)(C)C)cc(=O)[nH]1. The van der Waals surface area contributed by atoms with Crippen LogP contribution in [0.4, 0.5) is 5.82 Å². The average molecular weight is 267 g/mol. The van der Waals surface area contributed by atoms with E-state index < -0.39 is 6.10 Å². The first kappa shape index (κ1) is 15.7. The smallest absolute Gasteiger partial charge is 0.252 e. The summed E-state index contributed by atoms with van der Waals surface area (Å²) in [5.74, 6) is 1.33. The number of rotatable bonds is 5. The molecule has 1 unspecified atom stereocenters. The normalized spacial score (nSPS) is 13.6. The van der Waals surface area contributed by atoms with E-state index in [1.165, 1.54) is 6.07 Å². The van der Waals surface area contributed by atoms with Crippen molar-refractivity contribution < 1.29 is 5.11 Å². The van der Waals surface area contributed by atoms with Crippen LogP contribution in [0.25, 0.3) is 0 Å². The number of aromatic amines is 1. The molecule has 3 N–H and O–H groups in total. The van der Waals surface area contributed by atoms with Crippen LogP contribution in [0.5, 0.6) is 0 Å². The molecular weight excluding hydrogens is 242 g/mol. The minimum absolute atomic E-state index is 0.0752. The van der Waals surface area contributed by atoms with E-state index in [4.69, 9.17) is 0 Å². The number of H-pyrrole nitrogens is 1. The van der Waals surface area contributed by atoms with Gasteiger partial charge in [0.1, 0.15) is 11.6 Å². The Kier molecular flexibility index (Phi) is 5.11. The first-order valence-corrected chi connectivity index (χ1v) is 6.70. The highest BCUT2D eigenvalue weighted by atomic mass is 16.3. The number of hydrogen-bond acceptors (Lipinski definition) is 4. The van der Waals surface area contributed by atoms with Crippen molar-refractivity contribution in [1.82, 2.24) is 9.97 Å². The molecule has 1 aromatic heterocycles. The van der Waals surface area contributed by atoms with Crippen molar-refractivity contribution in [1.29, 1.82) is 0 Å². The number of aliphatic hydroxyl groups is 1. The molecule has 19 heavy (non-hydrogen) atoms. The second-order valence-corrected chi connectivity index (χ2v) is 6.47. The van der Waals surface area contributed by atoms with Gasteiger partial charge in [0.25, 0.3) is 5.56 Å². The molecule has 1 heterocycles. The summed E-state index contributed by atoms with van der Waals surface area (Å²) in [4.78, 5) is 18.5. The van der Waals surface area contributed by atoms with Crippen molar-refractivity contribution in [3.63, 3.8) is 0 Å². The first-order valence-electron chi connectivity index (χ1n) is 6.70. The lowest BCUT2D eigenvalue weighted by Crippen LogP contribution is -2.26. The summed E-state index contributed by atoms with van der Waals surface area (Å²) in [7, 11) is 0. The number of hydrogen-bond donors (Lipinski definition) is 3. The molecule has 5 heteroatoms.